The highest BCUT2D eigenvalue weighted by atomic mass is 32.3. The summed E-state index contributed by atoms with van der Waals surface area (Å²) in [6.07, 6.45) is 2.03. The third-order valence-corrected chi connectivity index (χ3v) is 16.0. The van der Waals surface area contributed by atoms with Crippen molar-refractivity contribution >= 4 is 60.3 Å². The van der Waals surface area contributed by atoms with E-state index in [1.165, 1.54) is 0 Å². The Labute approximate surface area is 322 Å². The average Bonchev–Trinajstić information content (AvgIpc) is 3.01. The standard InChI is InChI=1S/C21H22F15N3O14S6/c1-54(40,41)38-55(42,43)17(26,27)15(22,23)19(30,31)58(48,49)52-13-7-11(10-37-12-5-3-2-4-6-12)8-14(9-13)53-59(50,51)20(32,33)16(24,25)18(28,29)56(44,45)39-57(46,47)21(34,35)36/h7-9,12,37-39H,2-6,10H2,1H3. The topological polar surface area (TPSA) is 259 Å². The maximum atomic E-state index is 14.7. The van der Waals surface area contributed by atoms with Crippen LogP contribution in [0.1, 0.15) is 37.7 Å². The lowest BCUT2D eigenvalue weighted by Crippen LogP contribution is -2.64. The molecule has 1 aromatic carbocycles. The number of hydrogen-bond donors (Lipinski definition) is 3. The maximum Gasteiger partial charge on any atom is 0.512 e. The summed E-state index contributed by atoms with van der Waals surface area (Å²) in [6.45, 7) is -0.874. The number of hydrogen-bond acceptors (Lipinski definition) is 15. The van der Waals surface area contributed by atoms with E-state index in [-0.39, 0.29) is 22.5 Å². The molecule has 59 heavy (non-hydrogen) atoms. The highest BCUT2D eigenvalue weighted by molar-refractivity contribution is 8.06. The molecule has 38 heteroatoms. The van der Waals surface area contributed by atoms with E-state index in [1.54, 1.807) is 0 Å². The lowest BCUT2D eigenvalue weighted by atomic mass is 9.95. The molecule has 0 atom stereocenters. The number of alkyl halides is 15. The van der Waals surface area contributed by atoms with Crippen LogP contribution >= 0.6 is 0 Å². The Kier molecular flexibility index (Phi) is 14.2. The molecule has 0 spiro atoms. The average molecular weight is 1020 g/mol. The molecule has 1 fully saturated rings. The molecule has 0 saturated heterocycles. The minimum atomic E-state index is -8.27. The molecular weight excluding hydrogens is 996 g/mol. The number of rotatable bonds is 19. The second kappa shape index (κ2) is 15.9. The van der Waals surface area contributed by atoms with Gasteiger partial charge in [-0.2, -0.15) is 82.7 Å². The summed E-state index contributed by atoms with van der Waals surface area (Å²) in [4.78, 5) is 0. The van der Waals surface area contributed by atoms with Crippen LogP contribution in [0.5, 0.6) is 11.5 Å². The molecule has 0 radical (unpaired) electrons. The third kappa shape index (κ3) is 10.0. The molecule has 3 N–H and O–H groups in total. The van der Waals surface area contributed by atoms with Crippen LogP contribution in [0.2, 0.25) is 0 Å². The van der Waals surface area contributed by atoms with Gasteiger partial charge in [-0.1, -0.05) is 23.4 Å². The van der Waals surface area contributed by atoms with Gasteiger partial charge in [-0.15, -0.1) is 4.13 Å². The number of nitrogens with one attached hydrogen (secondary N) is 3. The zero-order chi connectivity index (χ0) is 46.7. The van der Waals surface area contributed by atoms with Crippen molar-refractivity contribution in [1.82, 2.24) is 13.6 Å². The van der Waals surface area contributed by atoms with E-state index in [1.807, 2.05) is 0 Å². The molecule has 0 bridgehead atoms. The van der Waals surface area contributed by atoms with Gasteiger partial charge in [0.25, 0.3) is 20.0 Å². The number of sulfonamides is 4. The Hall–Kier alpha value is -2.65. The van der Waals surface area contributed by atoms with Crippen molar-refractivity contribution in [3.63, 3.8) is 0 Å². The van der Waals surface area contributed by atoms with Crippen LogP contribution in [0.4, 0.5) is 65.9 Å². The van der Waals surface area contributed by atoms with E-state index in [4.69, 9.17) is 0 Å². The molecule has 0 unspecified atom stereocenters. The van der Waals surface area contributed by atoms with Crippen molar-refractivity contribution in [2.24, 2.45) is 0 Å². The molecular formula is C21H22F15N3O14S6. The molecule has 1 saturated carbocycles. The van der Waals surface area contributed by atoms with Crippen LogP contribution in [-0.4, -0.2) is 101 Å². The van der Waals surface area contributed by atoms with Crippen LogP contribution in [0.25, 0.3) is 0 Å². The lowest BCUT2D eigenvalue weighted by Gasteiger charge is -2.31. The second-order valence-electron chi connectivity index (χ2n) is 11.7. The first-order valence-electron chi connectivity index (χ1n) is 14.4. The second-order valence-corrected chi connectivity index (χ2v) is 22.3. The van der Waals surface area contributed by atoms with Gasteiger partial charge in [0, 0.05) is 18.7 Å². The Morgan fingerprint density at radius 1 is 0.525 bits per heavy atom. The molecule has 1 aromatic rings. The normalized spacial score (nSPS) is 17.2. The third-order valence-electron chi connectivity index (χ3n) is 7.10. The summed E-state index contributed by atoms with van der Waals surface area (Å²) in [5.74, 6) is -20.2. The Bertz CT molecular complexity index is 2440. The monoisotopic (exact) mass is 1020 g/mol. The van der Waals surface area contributed by atoms with Crippen molar-refractivity contribution in [3.05, 3.63) is 23.8 Å². The van der Waals surface area contributed by atoms with E-state index in [0.717, 1.165) is 0 Å². The van der Waals surface area contributed by atoms with Crippen molar-refractivity contribution in [1.29, 1.82) is 0 Å². The molecule has 2 rings (SSSR count). The molecule has 0 heterocycles. The van der Waals surface area contributed by atoms with Gasteiger partial charge in [0.05, 0.1) is 6.26 Å². The van der Waals surface area contributed by atoms with E-state index < -0.39 is 139 Å². The Morgan fingerprint density at radius 2 is 0.881 bits per heavy atom. The minimum Gasteiger partial charge on any atom is -0.378 e. The molecule has 1 aliphatic carbocycles. The van der Waals surface area contributed by atoms with Crippen molar-refractivity contribution < 1.29 is 125 Å². The highest BCUT2D eigenvalue weighted by Gasteiger charge is 2.84. The zero-order valence-corrected chi connectivity index (χ0v) is 32.8. The highest BCUT2D eigenvalue weighted by Crippen LogP contribution is 2.53. The first-order chi connectivity index (χ1) is 25.8. The summed E-state index contributed by atoms with van der Waals surface area (Å²) in [6, 6.07) is -1.15. The number of halogens is 15. The molecule has 346 valence electrons. The summed E-state index contributed by atoms with van der Waals surface area (Å²) < 4.78 is 357. The largest absolute Gasteiger partial charge is 0.512 e. The van der Waals surface area contributed by atoms with Gasteiger partial charge in [-0.25, -0.2) is 33.7 Å². The quantitative estimate of drug-likeness (QED) is 0.133. The maximum absolute atomic E-state index is 14.7. The van der Waals surface area contributed by atoms with Crippen molar-refractivity contribution in [2.45, 2.75) is 83.1 Å². The molecule has 0 aliphatic heterocycles. The minimum absolute atomic E-state index is 0.0117. The van der Waals surface area contributed by atoms with Crippen LogP contribution in [-0.2, 0) is 66.9 Å². The van der Waals surface area contributed by atoms with Crippen molar-refractivity contribution in [2.75, 3.05) is 6.26 Å². The Morgan fingerprint density at radius 3 is 1.22 bits per heavy atom. The molecule has 0 amide bonds. The number of benzene rings is 1. The summed E-state index contributed by atoms with van der Waals surface area (Å²) >= 11 is 0. The molecule has 17 nitrogen and oxygen atoms in total. The van der Waals surface area contributed by atoms with Crippen molar-refractivity contribution in [3.8, 4) is 11.5 Å². The van der Waals surface area contributed by atoms with E-state index in [0.29, 0.717) is 32.1 Å². The van der Waals surface area contributed by atoms with Crippen LogP contribution in [0.3, 0.4) is 0 Å². The van der Waals surface area contributed by atoms with E-state index in [2.05, 4.69) is 13.7 Å². The van der Waals surface area contributed by atoms with Crippen LogP contribution in [0, 0.1) is 0 Å². The van der Waals surface area contributed by atoms with Gasteiger partial charge in [0.2, 0.25) is 10.0 Å². The van der Waals surface area contributed by atoms with Gasteiger partial charge in [0.1, 0.15) is 11.5 Å². The lowest BCUT2D eigenvalue weighted by molar-refractivity contribution is -0.245. The Balaban J connectivity index is 2.73. The van der Waals surface area contributed by atoms with Gasteiger partial charge in [-0.05, 0) is 30.5 Å². The molecule has 0 aromatic heterocycles. The fraction of sp³-hybridized carbons (Fsp3) is 0.714. The van der Waals surface area contributed by atoms with E-state index in [9.17, 15) is 116 Å². The first kappa shape index (κ1) is 52.5. The summed E-state index contributed by atoms with van der Waals surface area (Å²) in [7, 11) is -44.9. The van der Waals surface area contributed by atoms with Gasteiger partial charge in [0.15, 0.2) is 0 Å². The van der Waals surface area contributed by atoms with E-state index >= 15 is 0 Å². The van der Waals surface area contributed by atoms with Crippen LogP contribution < -0.4 is 21.9 Å². The molecule has 1 aliphatic rings. The van der Waals surface area contributed by atoms with Gasteiger partial charge < -0.3 is 13.7 Å². The predicted molar refractivity (Wildman–Crippen MR) is 163 cm³/mol. The zero-order valence-electron chi connectivity index (χ0n) is 27.9. The van der Waals surface area contributed by atoms with Gasteiger partial charge in [-0.3, -0.25) is 0 Å². The summed E-state index contributed by atoms with van der Waals surface area (Å²) in [5, 5.41) is -28.0. The fourth-order valence-corrected chi connectivity index (χ4v) is 11.1. The predicted octanol–water partition coefficient (Wildman–Crippen LogP) is 2.82. The smallest absolute Gasteiger partial charge is 0.378 e. The summed E-state index contributed by atoms with van der Waals surface area (Å²) in [5.41, 5.74) is -7.83. The first-order valence-corrected chi connectivity index (χ1v) is 23.5. The SMILES string of the molecule is CS(=O)(=O)NS(=O)(=O)C(F)(F)C(F)(F)C(F)(F)S(=O)(=O)Oc1cc(CNC2CCCCC2)cc(OS(=O)(=O)C(F)(F)C(F)(F)C(F)(F)S(=O)(=O)NS(=O)(=O)C(F)(F)F)c1. The van der Waals surface area contributed by atoms with Crippen LogP contribution in [0.15, 0.2) is 18.2 Å². The van der Waals surface area contributed by atoms with Gasteiger partial charge >= 0.3 is 68.6 Å². The fourth-order valence-electron chi connectivity index (χ4n) is 4.24.